The average Bonchev–Trinajstić information content (AvgIpc) is 2.80. The lowest BCUT2D eigenvalue weighted by atomic mass is 10.1. The Morgan fingerprint density at radius 2 is 1.55 bits per heavy atom. The van der Waals surface area contributed by atoms with Crippen LogP contribution in [0.15, 0.2) is 42.5 Å². The third-order valence-corrected chi connectivity index (χ3v) is 8.17. The van der Waals surface area contributed by atoms with E-state index in [1.54, 1.807) is 0 Å². The van der Waals surface area contributed by atoms with Crippen molar-refractivity contribution in [3.63, 3.8) is 0 Å². The number of sulfonamides is 1. The number of amides is 1. The van der Waals surface area contributed by atoms with Crippen LogP contribution in [0.4, 0.5) is 5.69 Å². The van der Waals surface area contributed by atoms with Crippen LogP contribution in [0.5, 0.6) is 0 Å². The number of rotatable bonds is 5. The molecular formula is C25H34N4O3S. The molecule has 0 bridgehead atoms. The van der Waals surface area contributed by atoms with Crippen LogP contribution in [-0.4, -0.2) is 87.0 Å². The van der Waals surface area contributed by atoms with E-state index in [4.69, 9.17) is 0 Å². The Kier molecular flexibility index (Phi) is 7.07. The molecule has 0 spiro atoms. The van der Waals surface area contributed by atoms with Gasteiger partial charge in [-0.3, -0.25) is 9.69 Å². The van der Waals surface area contributed by atoms with Crippen molar-refractivity contribution < 1.29 is 13.2 Å². The van der Waals surface area contributed by atoms with Crippen molar-refractivity contribution in [1.29, 1.82) is 0 Å². The predicted molar refractivity (Wildman–Crippen MR) is 132 cm³/mol. The summed E-state index contributed by atoms with van der Waals surface area (Å²) in [5.41, 5.74) is 5.67. The number of benzene rings is 2. The zero-order valence-corrected chi connectivity index (χ0v) is 20.6. The monoisotopic (exact) mass is 470 g/mol. The highest BCUT2D eigenvalue weighted by Gasteiger charge is 2.25. The number of nitrogens with zero attached hydrogens (tertiary/aromatic N) is 4. The molecular weight excluding hydrogens is 436 g/mol. The maximum absolute atomic E-state index is 13.2. The van der Waals surface area contributed by atoms with Crippen LogP contribution in [-0.2, 0) is 16.6 Å². The SMILES string of the molecule is Cc1cccc(N2CCN(C(=O)c3cccc(CN4CCN(S(C)(=O)=O)CC4)c3)CC2)c1C. The quantitative estimate of drug-likeness (QED) is 0.671. The molecule has 2 heterocycles. The molecule has 0 aliphatic carbocycles. The number of carbonyl (C=O) groups is 1. The Hall–Kier alpha value is -2.42. The molecule has 2 saturated heterocycles. The zero-order valence-electron chi connectivity index (χ0n) is 19.8. The number of aryl methyl sites for hydroxylation is 1. The van der Waals surface area contributed by atoms with Crippen LogP contribution in [0, 0.1) is 13.8 Å². The van der Waals surface area contributed by atoms with Crippen LogP contribution in [0.25, 0.3) is 0 Å². The van der Waals surface area contributed by atoms with Gasteiger partial charge < -0.3 is 9.80 Å². The molecule has 1 amide bonds. The van der Waals surface area contributed by atoms with Gasteiger partial charge in [-0.25, -0.2) is 8.42 Å². The van der Waals surface area contributed by atoms with E-state index in [-0.39, 0.29) is 5.91 Å². The van der Waals surface area contributed by atoms with Gasteiger partial charge >= 0.3 is 0 Å². The van der Waals surface area contributed by atoms with Gasteiger partial charge in [0, 0.05) is 70.2 Å². The minimum atomic E-state index is -3.13. The Morgan fingerprint density at radius 1 is 0.879 bits per heavy atom. The molecule has 2 aliphatic heterocycles. The number of piperazine rings is 2. The third kappa shape index (κ3) is 5.57. The Balaban J connectivity index is 1.34. The van der Waals surface area contributed by atoms with Crippen molar-refractivity contribution >= 4 is 21.6 Å². The van der Waals surface area contributed by atoms with Crippen LogP contribution in [0.1, 0.15) is 27.0 Å². The first kappa shape index (κ1) is 23.7. The van der Waals surface area contributed by atoms with Gasteiger partial charge in [-0.05, 0) is 48.7 Å². The van der Waals surface area contributed by atoms with Crippen molar-refractivity contribution in [1.82, 2.24) is 14.1 Å². The Bertz CT molecular complexity index is 1100. The Morgan fingerprint density at radius 3 is 2.21 bits per heavy atom. The molecule has 0 radical (unpaired) electrons. The minimum absolute atomic E-state index is 0.0827. The highest BCUT2D eigenvalue weighted by molar-refractivity contribution is 7.88. The first-order chi connectivity index (χ1) is 15.7. The lowest BCUT2D eigenvalue weighted by molar-refractivity contribution is 0.0746. The van der Waals surface area contributed by atoms with E-state index >= 15 is 0 Å². The lowest BCUT2D eigenvalue weighted by Crippen LogP contribution is -2.49. The zero-order chi connectivity index (χ0) is 23.6. The molecule has 0 atom stereocenters. The topological polar surface area (TPSA) is 64.2 Å². The molecule has 0 N–H and O–H groups in total. The molecule has 2 aliphatic rings. The first-order valence-electron chi connectivity index (χ1n) is 11.6. The van der Waals surface area contributed by atoms with Gasteiger partial charge in [-0.15, -0.1) is 0 Å². The summed E-state index contributed by atoms with van der Waals surface area (Å²) in [5, 5.41) is 0. The second-order valence-electron chi connectivity index (χ2n) is 9.14. The predicted octanol–water partition coefficient (Wildman–Crippen LogP) is 2.34. The van der Waals surface area contributed by atoms with Crippen molar-refractivity contribution in [2.24, 2.45) is 0 Å². The molecule has 4 rings (SSSR count). The Labute approximate surface area is 197 Å². The van der Waals surface area contributed by atoms with Crippen LogP contribution >= 0.6 is 0 Å². The number of carbonyl (C=O) groups excluding carboxylic acids is 1. The molecule has 33 heavy (non-hydrogen) atoms. The first-order valence-corrected chi connectivity index (χ1v) is 13.4. The third-order valence-electron chi connectivity index (χ3n) is 6.86. The van der Waals surface area contributed by atoms with E-state index < -0.39 is 10.0 Å². The molecule has 0 saturated carbocycles. The van der Waals surface area contributed by atoms with Gasteiger partial charge in [0.25, 0.3) is 5.91 Å². The summed E-state index contributed by atoms with van der Waals surface area (Å²) in [6, 6.07) is 14.3. The van der Waals surface area contributed by atoms with Gasteiger partial charge in [0.15, 0.2) is 0 Å². The molecule has 2 aromatic carbocycles. The maximum Gasteiger partial charge on any atom is 0.253 e. The van der Waals surface area contributed by atoms with Gasteiger partial charge in [0.1, 0.15) is 0 Å². The largest absolute Gasteiger partial charge is 0.368 e. The van der Waals surface area contributed by atoms with E-state index in [1.165, 1.54) is 27.4 Å². The summed E-state index contributed by atoms with van der Waals surface area (Å²) >= 11 is 0. The lowest BCUT2D eigenvalue weighted by Gasteiger charge is -2.37. The number of hydrogen-bond donors (Lipinski definition) is 0. The summed E-state index contributed by atoms with van der Waals surface area (Å²) in [5.74, 6) is 0.0827. The van der Waals surface area contributed by atoms with E-state index in [0.29, 0.717) is 39.3 Å². The molecule has 8 heteroatoms. The van der Waals surface area contributed by atoms with Crippen molar-refractivity contribution in [3.05, 3.63) is 64.7 Å². The second-order valence-corrected chi connectivity index (χ2v) is 11.1. The van der Waals surface area contributed by atoms with Gasteiger partial charge in [0.2, 0.25) is 10.0 Å². The molecule has 178 valence electrons. The minimum Gasteiger partial charge on any atom is -0.368 e. The van der Waals surface area contributed by atoms with Gasteiger partial charge in [0.05, 0.1) is 6.26 Å². The van der Waals surface area contributed by atoms with E-state index in [0.717, 1.165) is 30.8 Å². The second kappa shape index (κ2) is 9.83. The van der Waals surface area contributed by atoms with Crippen molar-refractivity contribution in [3.8, 4) is 0 Å². The molecule has 0 unspecified atom stereocenters. The van der Waals surface area contributed by atoms with Crippen molar-refractivity contribution in [2.75, 3.05) is 63.5 Å². The summed E-state index contributed by atoms with van der Waals surface area (Å²) in [7, 11) is -3.13. The normalized spacial score (nSPS) is 18.5. The summed E-state index contributed by atoms with van der Waals surface area (Å²) in [6.45, 7) is 10.5. The summed E-state index contributed by atoms with van der Waals surface area (Å²) in [4.78, 5) is 19.8. The molecule has 0 aromatic heterocycles. The van der Waals surface area contributed by atoms with Crippen LogP contribution < -0.4 is 4.90 Å². The van der Waals surface area contributed by atoms with Crippen LogP contribution in [0.2, 0.25) is 0 Å². The van der Waals surface area contributed by atoms with Gasteiger partial charge in [-0.2, -0.15) is 4.31 Å². The average molecular weight is 471 g/mol. The van der Waals surface area contributed by atoms with E-state index in [9.17, 15) is 13.2 Å². The van der Waals surface area contributed by atoms with E-state index in [1.807, 2.05) is 29.2 Å². The number of hydrogen-bond acceptors (Lipinski definition) is 5. The summed E-state index contributed by atoms with van der Waals surface area (Å²) in [6.07, 6.45) is 1.26. The standard InChI is InChI=1S/C25H34N4O3S/c1-20-6-4-9-24(21(20)2)27-12-14-28(15-13-27)25(30)23-8-5-7-22(18-23)19-26-10-16-29(17-11-26)33(3,31)32/h4-9,18H,10-17,19H2,1-3H3. The maximum atomic E-state index is 13.2. The molecule has 7 nitrogen and oxygen atoms in total. The van der Waals surface area contributed by atoms with Crippen molar-refractivity contribution in [2.45, 2.75) is 20.4 Å². The fourth-order valence-corrected chi connectivity index (χ4v) is 5.52. The molecule has 2 fully saturated rings. The highest BCUT2D eigenvalue weighted by atomic mass is 32.2. The molecule has 2 aromatic rings. The fraction of sp³-hybridized carbons (Fsp3) is 0.480. The fourth-order valence-electron chi connectivity index (χ4n) is 4.69. The van der Waals surface area contributed by atoms with E-state index in [2.05, 4.69) is 41.8 Å². The van der Waals surface area contributed by atoms with Gasteiger partial charge in [-0.1, -0.05) is 24.3 Å². The smallest absolute Gasteiger partial charge is 0.253 e. The van der Waals surface area contributed by atoms with Crippen LogP contribution in [0.3, 0.4) is 0 Å². The highest BCUT2D eigenvalue weighted by Crippen LogP contribution is 2.24. The summed E-state index contributed by atoms with van der Waals surface area (Å²) < 4.78 is 25.0. The number of anilines is 1.